The molecule has 0 unspecified atom stereocenters. The molecule has 2 aromatic heterocycles. The van der Waals surface area contributed by atoms with Crippen molar-refractivity contribution in [3.63, 3.8) is 0 Å². The standard InChI is InChI=1S/C14H10BrN3OS2/c15-13-6-5-12(21-13)14(19)16-7-9-1-3-10(4-2-9)11-8-20-18-17-11/h1-6,8H,7H2,(H,16,19). The van der Waals surface area contributed by atoms with E-state index in [4.69, 9.17) is 0 Å². The normalized spacial score (nSPS) is 10.5. The monoisotopic (exact) mass is 379 g/mol. The number of rotatable bonds is 4. The zero-order valence-electron chi connectivity index (χ0n) is 10.7. The van der Waals surface area contributed by atoms with Gasteiger partial charge in [-0.15, -0.1) is 16.4 Å². The predicted molar refractivity (Wildman–Crippen MR) is 88.5 cm³/mol. The molecule has 1 amide bonds. The van der Waals surface area contributed by atoms with E-state index in [2.05, 4.69) is 30.8 Å². The van der Waals surface area contributed by atoms with Gasteiger partial charge < -0.3 is 5.32 Å². The van der Waals surface area contributed by atoms with Crippen LogP contribution < -0.4 is 5.32 Å². The second-order valence-electron chi connectivity index (χ2n) is 4.27. The summed E-state index contributed by atoms with van der Waals surface area (Å²) in [5, 5.41) is 8.84. The summed E-state index contributed by atoms with van der Waals surface area (Å²) in [4.78, 5) is 12.6. The molecular weight excluding hydrogens is 370 g/mol. The Labute approximate surface area is 138 Å². The molecule has 0 atom stereocenters. The van der Waals surface area contributed by atoms with E-state index in [9.17, 15) is 4.79 Å². The number of benzene rings is 1. The third kappa shape index (κ3) is 3.55. The van der Waals surface area contributed by atoms with E-state index >= 15 is 0 Å². The minimum absolute atomic E-state index is 0.0570. The minimum Gasteiger partial charge on any atom is -0.347 e. The second-order valence-corrected chi connectivity index (χ2v) is 7.35. The average molecular weight is 380 g/mol. The Bertz CT molecular complexity index is 738. The lowest BCUT2D eigenvalue weighted by Crippen LogP contribution is -2.21. The molecule has 4 nitrogen and oxygen atoms in total. The molecule has 7 heteroatoms. The molecule has 0 saturated heterocycles. The summed E-state index contributed by atoms with van der Waals surface area (Å²) in [6, 6.07) is 11.6. The van der Waals surface area contributed by atoms with Crippen molar-refractivity contribution in [2.75, 3.05) is 0 Å². The van der Waals surface area contributed by atoms with Gasteiger partial charge in [-0.25, -0.2) is 0 Å². The van der Waals surface area contributed by atoms with Crippen LogP contribution in [-0.4, -0.2) is 15.5 Å². The molecule has 0 aliphatic heterocycles. The Morgan fingerprint density at radius 2 is 2.00 bits per heavy atom. The molecule has 2 heterocycles. The van der Waals surface area contributed by atoms with E-state index in [0.717, 1.165) is 20.6 Å². The molecule has 0 bridgehead atoms. The molecule has 1 N–H and O–H groups in total. The number of amides is 1. The first-order chi connectivity index (χ1) is 10.2. The van der Waals surface area contributed by atoms with E-state index < -0.39 is 0 Å². The van der Waals surface area contributed by atoms with Gasteiger partial charge in [-0.3, -0.25) is 4.79 Å². The van der Waals surface area contributed by atoms with Crippen molar-refractivity contribution in [2.24, 2.45) is 0 Å². The van der Waals surface area contributed by atoms with Crippen LogP contribution in [0.15, 0.2) is 45.6 Å². The molecule has 106 valence electrons. The number of hydrogen-bond donors (Lipinski definition) is 1. The van der Waals surface area contributed by atoms with Gasteiger partial charge in [-0.05, 0) is 45.2 Å². The average Bonchev–Trinajstić information content (AvgIpc) is 3.16. The highest BCUT2D eigenvalue weighted by molar-refractivity contribution is 9.11. The van der Waals surface area contributed by atoms with Gasteiger partial charge >= 0.3 is 0 Å². The Morgan fingerprint density at radius 1 is 1.19 bits per heavy atom. The molecular formula is C14H10BrN3OS2. The van der Waals surface area contributed by atoms with E-state index in [-0.39, 0.29) is 5.91 Å². The largest absolute Gasteiger partial charge is 0.347 e. The molecule has 0 spiro atoms. The van der Waals surface area contributed by atoms with Crippen molar-refractivity contribution in [3.05, 3.63) is 56.0 Å². The third-order valence-corrected chi connectivity index (χ3v) is 4.99. The third-order valence-electron chi connectivity index (χ3n) is 2.86. The highest BCUT2D eigenvalue weighted by atomic mass is 79.9. The first-order valence-corrected chi connectivity index (χ1v) is 8.57. The Balaban J connectivity index is 1.62. The van der Waals surface area contributed by atoms with Crippen molar-refractivity contribution >= 4 is 44.7 Å². The first-order valence-electron chi connectivity index (χ1n) is 6.12. The van der Waals surface area contributed by atoms with Gasteiger partial charge in [0.05, 0.1) is 8.66 Å². The topological polar surface area (TPSA) is 54.9 Å². The molecule has 0 aliphatic rings. The van der Waals surface area contributed by atoms with Crippen LogP contribution in [0.2, 0.25) is 0 Å². The van der Waals surface area contributed by atoms with Crippen molar-refractivity contribution < 1.29 is 4.79 Å². The quantitative estimate of drug-likeness (QED) is 0.746. The van der Waals surface area contributed by atoms with Gasteiger partial charge in [-0.1, -0.05) is 28.8 Å². The molecule has 0 radical (unpaired) electrons. The lowest BCUT2D eigenvalue weighted by Gasteiger charge is -2.04. The van der Waals surface area contributed by atoms with Crippen LogP contribution in [-0.2, 0) is 6.54 Å². The lowest BCUT2D eigenvalue weighted by atomic mass is 10.1. The fourth-order valence-corrected chi connectivity index (χ4v) is 3.56. The summed E-state index contributed by atoms with van der Waals surface area (Å²) < 4.78 is 4.80. The Kier molecular flexibility index (Phi) is 4.42. The van der Waals surface area contributed by atoms with Crippen molar-refractivity contribution in [2.45, 2.75) is 6.54 Å². The molecule has 0 fully saturated rings. The van der Waals surface area contributed by atoms with Gasteiger partial charge in [0, 0.05) is 17.5 Å². The maximum atomic E-state index is 11.9. The Morgan fingerprint density at radius 3 is 2.62 bits per heavy atom. The number of carbonyl (C=O) groups is 1. The maximum absolute atomic E-state index is 11.9. The molecule has 0 saturated carbocycles. The summed E-state index contributed by atoms with van der Waals surface area (Å²) in [5.41, 5.74) is 2.95. The SMILES string of the molecule is O=C(NCc1ccc(-c2csnn2)cc1)c1ccc(Br)s1. The van der Waals surface area contributed by atoms with Gasteiger partial charge in [0.15, 0.2) is 0 Å². The van der Waals surface area contributed by atoms with E-state index in [1.54, 1.807) is 0 Å². The molecule has 3 rings (SSSR count). The molecule has 3 aromatic rings. The van der Waals surface area contributed by atoms with Crippen molar-refractivity contribution in [1.29, 1.82) is 0 Å². The van der Waals surface area contributed by atoms with Crippen LogP contribution in [0.5, 0.6) is 0 Å². The molecule has 0 aliphatic carbocycles. The van der Waals surface area contributed by atoms with Crippen LogP contribution in [0, 0.1) is 0 Å². The predicted octanol–water partition coefficient (Wildman–Crippen LogP) is 3.96. The Hall–Kier alpha value is -1.57. The first kappa shape index (κ1) is 14.4. The lowest BCUT2D eigenvalue weighted by molar-refractivity contribution is 0.0955. The number of carbonyl (C=O) groups excluding carboxylic acids is 1. The molecule has 21 heavy (non-hydrogen) atoms. The highest BCUT2D eigenvalue weighted by Crippen LogP contribution is 2.22. The number of nitrogens with zero attached hydrogens (tertiary/aromatic N) is 2. The van der Waals surface area contributed by atoms with Crippen LogP contribution >= 0.6 is 38.8 Å². The number of halogens is 1. The van der Waals surface area contributed by atoms with Gasteiger partial charge in [-0.2, -0.15) is 0 Å². The number of aromatic nitrogens is 2. The fourth-order valence-electron chi connectivity index (χ4n) is 1.79. The fraction of sp³-hybridized carbons (Fsp3) is 0.0714. The summed E-state index contributed by atoms with van der Waals surface area (Å²) in [6.45, 7) is 0.504. The zero-order valence-corrected chi connectivity index (χ0v) is 14.0. The smallest absolute Gasteiger partial charge is 0.261 e. The second kappa shape index (κ2) is 6.46. The number of hydrogen-bond acceptors (Lipinski definition) is 5. The van der Waals surface area contributed by atoms with E-state index in [1.165, 1.54) is 22.9 Å². The van der Waals surface area contributed by atoms with E-state index in [0.29, 0.717) is 11.4 Å². The summed E-state index contributed by atoms with van der Waals surface area (Å²) >= 11 is 6.11. The highest BCUT2D eigenvalue weighted by Gasteiger charge is 2.08. The van der Waals surface area contributed by atoms with Gasteiger partial charge in [0.25, 0.3) is 5.91 Å². The van der Waals surface area contributed by atoms with Gasteiger partial charge in [0.2, 0.25) is 0 Å². The number of nitrogens with one attached hydrogen (secondary N) is 1. The van der Waals surface area contributed by atoms with E-state index in [1.807, 2.05) is 41.8 Å². The summed E-state index contributed by atoms with van der Waals surface area (Å²) in [5.74, 6) is -0.0570. The summed E-state index contributed by atoms with van der Waals surface area (Å²) in [6.07, 6.45) is 0. The van der Waals surface area contributed by atoms with Crippen LogP contribution in [0.4, 0.5) is 0 Å². The zero-order chi connectivity index (χ0) is 14.7. The van der Waals surface area contributed by atoms with Crippen LogP contribution in [0.3, 0.4) is 0 Å². The van der Waals surface area contributed by atoms with Gasteiger partial charge in [0.1, 0.15) is 5.69 Å². The van der Waals surface area contributed by atoms with Crippen LogP contribution in [0.25, 0.3) is 11.3 Å². The van der Waals surface area contributed by atoms with Crippen molar-refractivity contribution in [3.8, 4) is 11.3 Å². The molecule has 1 aromatic carbocycles. The van der Waals surface area contributed by atoms with Crippen LogP contribution in [0.1, 0.15) is 15.2 Å². The number of thiophene rings is 1. The maximum Gasteiger partial charge on any atom is 0.261 e. The minimum atomic E-state index is -0.0570. The summed E-state index contributed by atoms with van der Waals surface area (Å²) in [7, 11) is 0. The van der Waals surface area contributed by atoms with Crippen molar-refractivity contribution in [1.82, 2.24) is 14.9 Å².